The summed E-state index contributed by atoms with van der Waals surface area (Å²) in [6, 6.07) is 0. The van der Waals surface area contributed by atoms with Crippen LogP contribution in [0.15, 0.2) is 12.5 Å². The van der Waals surface area contributed by atoms with E-state index in [9.17, 15) is 0 Å². The molecule has 0 aliphatic carbocycles. The molecular weight excluding hydrogens is 100 g/mol. The summed E-state index contributed by atoms with van der Waals surface area (Å²) in [5.74, 6) is 0. The Labute approximate surface area is 49.0 Å². The molecule has 1 N–H and O–H groups in total. The molecule has 2 nitrogen and oxygen atoms in total. The smallest absolute Gasteiger partial charge is 0.0921 e. The van der Waals surface area contributed by atoms with Crippen molar-refractivity contribution >= 4 is 0 Å². The molecule has 0 saturated carbocycles. The average molecular weight is 109 g/mol. The molecule has 1 rings (SSSR count). The van der Waals surface area contributed by atoms with Crippen LogP contribution in [0.2, 0.25) is 0 Å². The third kappa shape index (κ3) is 1.09. The minimum atomic E-state index is 1.06. The Balaban J connectivity index is 2.50. The number of nitrogens with zero attached hydrogens (tertiary/aromatic N) is 1. The quantitative estimate of drug-likeness (QED) is 0.610. The van der Waals surface area contributed by atoms with Crippen molar-refractivity contribution in [2.75, 3.05) is 0 Å². The predicted octanol–water partition coefficient (Wildman–Crippen LogP) is 1.37. The second kappa shape index (κ2) is 2.50. The number of imidazole rings is 1. The Kier molecular flexibility index (Phi) is 1.67. The Morgan fingerprint density at radius 3 is 3.25 bits per heavy atom. The van der Waals surface area contributed by atoms with E-state index in [1.54, 1.807) is 6.33 Å². The topological polar surface area (TPSA) is 28.7 Å². The average Bonchev–Trinajstić information content (AvgIpc) is 2.19. The second-order valence-electron chi connectivity index (χ2n) is 1.62. The van der Waals surface area contributed by atoms with E-state index in [1.807, 2.05) is 6.20 Å². The Morgan fingerprint density at radius 1 is 1.88 bits per heavy atom. The lowest BCUT2D eigenvalue weighted by Gasteiger charge is -1.85. The van der Waals surface area contributed by atoms with Gasteiger partial charge < -0.3 is 4.98 Å². The highest BCUT2D eigenvalue weighted by Gasteiger charge is 1.87. The third-order valence-electron chi connectivity index (χ3n) is 0.943. The molecule has 0 aliphatic rings. The summed E-state index contributed by atoms with van der Waals surface area (Å²) in [5, 5.41) is 0. The molecule has 2 heteroatoms. The summed E-state index contributed by atoms with van der Waals surface area (Å²) in [5.41, 5.74) is 1.10. The van der Waals surface area contributed by atoms with E-state index in [2.05, 4.69) is 23.3 Å². The van der Waals surface area contributed by atoms with Crippen molar-refractivity contribution in [3.8, 4) is 0 Å². The van der Waals surface area contributed by atoms with Crippen LogP contribution in [0.1, 0.15) is 19.0 Å². The lowest BCUT2D eigenvalue weighted by Crippen LogP contribution is -1.75. The molecule has 0 amide bonds. The van der Waals surface area contributed by atoms with Crippen LogP contribution in [0.25, 0.3) is 0 Å². The van der Waals surface area contributed by atoms with Crippen LogP contribution < -0.4 is 0 Å². The zero-order valence-corrected chi connectivity index (χ0v) is 4.89. The lowest BCUT2D eigenvalue weighted by molar-refractivity contribution is 1.09. The van der Waals surface area contributed by atoms with Gasteiger partial charge in [-0.3, -0.25) is 0 Å². The predicted molar refractivity (Wildman–Crippen MR) is 32.3 cm³/mol. The van der Waals surface area contributed by atoms with Crippen molar-refractivity contribution in [3.05, 3.63) is 24.6 Å². The second-order valence-corrected chi connectivity index (χ2v) is 1.62. The fraction of sp³-hybridized carbons (Fsp3) is 0.333. The zero-order valence-electron chi connectivity index (χ0n) is 4.89. The number of aromatic nitrogens is 2. The molecule has 8 heavy (non-hydrogen) atoms. The maximum absolute atomic E-state index is 3.85. The van der Waals surface area contributed by atoms with Gasteiger partial charge in [0.05, 0.1) is 6.33 Å². The number of aromatic amines is 1. The number of hydrogen-bond acceptors (Lipinski definition) is 1. The van der Waals surface area contributed by atoms with Gasteiger partial charge in [-0.1, -0.05) is 6.92 Å². The Bertz CT molecular complexity index is 132. The van der Waals surface area contributed by atoms with Gasteiger partial charge in [-0.25, -0.2) is 4.98 Å². The maximum atomic E-state index is 3.85. The summed E-state index contributed by atoms with van der Waals surface area (Å²) in [4.78, 5) is 6.83. The summed E-state index contributed by atoms with van der Waals surface area (Å²) in [6.07, 6.45) is 6.64. The largest absolute Gasteiger partial charge is 0.348 e. The molecule has 0 bridgehead atoms. The van der Waals surface area contributed by atoms with E-state index in [0.717, 1.165) is 12.1 Å². The Morgan fingerprint density at radius 2 is 2.75 bits per heavy atom. The van der Waals surface area contributed by atoms with Crippen LogP contribution in [0.3, 0.4) is 0 Å². The van der Waals surface area contributed by atoms with Gasteiger partial charge in [-0.2, -0.15) is 0 Å². The molecule has 1 radical (unpaired) electrons. The molecule has 0 saturated heterocycles. The van der Waals surface area contributed by atoms with E-state index >= 15 is 0 Å². The molecular formula is C6H9N2. The highest BCUT2D eigenvalue weighted by molar-refractivity contribution is 5.05. The standard InChI is InChI=1S/C6H9N2/c1-2-3-6-4-7-5-8-6/h3-5H,2H2,1H3,(H,7,8). The molecule has 1 aromatic rings. The fourth-order valence-corrected chi connectivity index (χ4v) is 0.598. The molecule has 0 spiro atoms. The first-order valence-electron chi connectivity index (χ1n) is 2.75. The van der Waals surface area contributed by atoms with Crippen LogP contribution in [-0.2, 0) is 0 Å². The van der Waals surface area contributed by atoms with Gasteiger partial charge in [0.1, 0.15) is 0 Å². The van der Waals surface area contributed by atoms with Crippen LogP contribution >= 0.6 is 0 Å². The van der Waals surface area contributed by atoms with Crippen molar-refractivity contribution in [1.82, 2.24) is 9.97 Å². The lowest BCUT2D eigenvalue weighted by atomic mass is 10.3. The number of H-pyrrole nitrogens is 1. The number of hydrogen-bond donors (Lipinski definition) is 1. The minimum Gasteiger partial charge on any atom is -0.348 e. The van der Waals surface area contributed by atoms with E-state index in [-0.39, 0.29) is 0 Å². The molecule has 0 aromatic carbocycles. The van der Waals surface area contributed by atoms with Crippen molar-refractivity contribution in [1.29, 1.82) is 0 Å². The van der Waals surface area contributed by atoms with E-state index in [1.165, 1.54) is 0 Å². The van der Waals surface area contributed by atoms with Crippen molar-refractivity contribution in [2.24, 2.45) is 0 Å². The monoisotopic (exact) mass is 109 g/mol. The third-order valence-corrected chi connectivity index (χ3v) is 0.943. The molecule has 43 valence electrons. The Hall–Kier alpha value is -0.790. The summed E-state index contributed by atoms with van der Waals surface area (Å²) < 4.78 is 0. The highest BCUT2D eigenvalue weighted by Crippen LogP contribution is 1.96. The summed E-state index contributed by atoms with van der Waals surface area (Å²) in [7, 11) is 0. The number of rotatable bonds is 2. The zero-order chi connectivity index (χ0) is 5.82. The molecule has 0 aliphatic heterocycles. The normalized spacial score (nSPS) is 9.62. The maximum Gasteiger partial charge on any atom is 0.0921 e. The molecule has 0 fully saturated rings. The van der Waals surface area contributed by atoms with Crippen LogP contribution in [-0.4, -0.2) is 9.97 Å². The van der Waals surface area contributed by atoms with Gasteiger partial charge in [0.25, 0.3) is 0 Å². The van der Waals surface area contributed by atoms with Crippen LogP contribution in [0.5, 0.6) is 0 Å². The highest BCUT2D eigenvalue weighted by atomic mass is 14.9. The molecule has 0 atom stereocenters. The SMILES string of the molecule is CC[CH]c1cnc[nH]1. The first-order chi connectivity index (χ1) is 3.93. The molecule has 1 heterocycles. The van der Waals surface area contributed by atoms with Gasteiger partial charge in [0, 0.05) is 18.3 Å². The van der Waals surface area contributed by atoms with E-state index < -0.39 is 0 Å². The fourth-order valence-electron chi connectivity index (χ4n) is 0.598. The van der Waals surface area contributed by atoms with Crippen LogP contribution in [0.4, 0.5) is 0 Å². The molecule has 0 unspecified atom stereocenters. The summed E-state index contributed by atoms with van der Waals surface area (Å²) >= 11 is 0. The van der Waals surface area contributed by atoms with Crippen molar-refractivity contribution < 1.29 is 0 Å². The van der Waals surface area contributed by atoms with E-state index in [4.69, 9.17) is 0 Å². The van der Waals surface area contributed by atoms with Crippen molar-refractivity contribution in [2.45, 2.75) is 13.3 Å². The van der Waals surface area contributed by atoms with Crippen LogP contribution in [0, 0.1) is 6.42 Å². The van der Waals surface area contributed by atoms with Gasteiger partial charge in [0.15, 0.2) is 0 Å². The minimum absolute atomic E-state index is 1.06. The van der Waals surface area contributed by atoms with Gasteiger partial charge >= 0.3 is 0 Å². The molecule has 1 aromatic heterocycles. The first kappa shape index (κ1) is 5.35. The van der Waals surface area contributed by atoms with Gasteiger partial charge in [0.2, 0.25) is 0 Å². The van der Waals surface area contributed by atoms with Gasteiger partial charge in [-0.15, -0.1) is 0 Å². The van der Waals surface area contributed by atoms with E-state index in [0.29, 0.717) is 0 Å². The van der Waals surface area contributed by atoms with Gasteiger partial charge in [-0.05, 0) is 6.42 Å². The first-order valence-corrected chi connectivity index (χ1v) is 2.75. The van der Waals surface area contributed by atoms with Crippen molar-refractivity contribution in [3.63, 3.8) is 0 Å². The summed E-state index contributed by atoms with van der Waals surface area (Å²) in [6.45, 7) is 2.10. The number of nitrogens with one attached hydrogen (secondary N) is 1.